The van der Waals surface area contributed by atoms with E-state index in [1.165, 1.54) is 0 Å². The number of nitrogen functional groups attached to an aromatic ring is 1. The summed E-state index contributed by atoms with van der Waals surface area (Å²) in [4.78, 5) is 22.4. The number of aryl methyl sites for hydroxylation is 2. The largest absolute Gasteiger partial charge is 0.466 e. The van der Waals surface area contributed by atoms with Crippen LogP contribution in [0.2, 0.25) is 0 Å². The van der Waals surface area contributed by atoms with Gasteiger partial charge in [-0.3, -0.25) is 4.79 Å². The lowest BCUT2D eigenvalue weighted by Gasteiger charge is -2.19. The SMILES string of the molecule is CCOC(=O)CCc1cc(CCC=O)c(N)cc1C(C)COCOC. The molecular weight excluding hydrogens is 322 g/mol. The fraction of sp³-hybridized carbons (Fsp3) is 0.579. The molecule has 0 amide bonds. The van der Waals surface area contributed by atoms with Gasteiger partial charge in [0.25, 0.3) is 0 Å². The van der Waals surface area contributed by atoms with Crippen LogP contribution in [-0.4, -0.2) is 39.4 Å². The van der Waals surface area contributed by atoms with Crippen molar-refractivity contribution in [3.8, 4) is 0 Å². The Labute approximate surface area is 149 Å². The third-order valence-corrected chi connectivity index (χ3v) is 3.94. The van der Waals surface area contributed by atoms with Crippen LogP contribution in [0.25, 0.3) is 0 Å². The van der Waals surface area contributed by atoms with E-state index in [2.05, 4.69) is 0 Å². The van der Waals surface area contributed by atoms with Gasteiger partial charge in [0.05, 0.1) is 13.2 Å². The van der Waals surface area contributed by atoms with Crippen LogP contribution in [0.1, 0.15) is 49.3 Å². The molecule has 0 saturated heterocycles. The molecule has 1 aromatic carbocycles. The number of rotatable bonds is 12. The minimum Gasteiger partial charge on any atom is -0.466 e. The van der Waals surface area contributed by atoms with Crippen LogP contribution in [0.4, 0.5) is 5.69 Å². The van der Waals surface area contributed by atoms with Crippen LogP contribution >= 0.6 is 0 Å². The number of hydrogen-bond acceptors (Lipinski definition) is 6. The van der Waals surface area contributed by atoms with Gasteiger partial charge in [0, 0.05) is 31.6 Å². The number of methoxy groups -OCH3 is 1. The number of nitrogens with two attached hydrogens (primary N) is 1. The number of hydrogen-bond donors (Lipinski definition) is 1. The topological polar surface area (TPSA) is 87.9 Å². The van der Waals surface area contributed by atoms with Crippen molar-refractivity contribution in [3.05, 3.63) is 28.8 Å². The van der Waals surface area contributed by atoms with Gasteiger partial charge in [-0.15, -0.1) is 0 Å². The summed E-state index contributed by atoms with van der Waals surface area (Å²) in [6.07, 6.45) is 2.78. The molecule has 1 unspecified atom stereocenters. The molecule has 1 atom stereocenters. The predicted molar refractivity (Wildman–Crippen MR) is 96.4 cm³/mol. The van der Waals surface area contributed by atoms with Crippen LogP contribution in [0.15, 0.2) is 12.1 Å². The second-order valence-electron chi connectivity index (χ2n) is 5.94. The molecule has 0 spiro atoms. The summed E-state index contributed by atoms with van der Waals surface area (Å²) in [5.74, 6) is -0.113. The zero-order chi connectivity index (χ0) is 18.7. The van der Waals surface area contributed by atoms with Crippen LogP contribution < -0.4 is 5.73 Å². The van der Waals surface area contributed by atoms with Gasteiger partial charge >= 0.3 is 5.97 Å². The highest BCUT2D eigenvalue weighted by Crippen LogP contribution is 2.28. The molecule has 1 aromatic rings. The van der Waals surface area contributed by atoms with Gasteiger partial charge in [-0.05, 0) is 42.5 Å². The molecule has 0 aliphatic heterocycles. The van der Waals surface area contributed by atoms with Crippen molar-refractivity contribution in [2.75, 3.05) is 32.9 Å². The zero-order valence-corrected chi connectivity index (χ0v) is 15.4. The molecule has 0 heterocycles. The van der Waals surface area contributed by atoms with Gasteiger partial charge in [-0.1, -0.05) is 13.0 Å². The first-order chi connectivity index (χ1) is 12.0. The van der Waals surface area contributed by atoms with Crippen molar-refractivity contribution in [2.24, 2.45) is 0 Å². The Morgan fingerprint density at radius 1 is 1.28 bits per heavy atom. The number of anilines is 1. The van der Waals surface area contributed by atoms with E-state index in [0.29, 0.717) is 44.6 Å². The number of benzene rings is 1. The first-order valence-electron chi connectivity index (χ1n) is 8.60. The van der Waals surface area contributed by atoms with E-state index in [4.69, 9.17) is 19.9 Å². The van der Waals surface area contributed by atoms with Crippen molar-refractivity contribution in [1.82, 2.24) is 0 Å². The Morgan fingerprint density at radius 2 is 2.04 bits per heavy atom. The Kier molecular flexibility index (Phi) is 9.80. The minimum atomic E-state index is -0.219. The van der Waals surface area contributed by atoms with Crippen molar-refractivity contribution in [1.29, 1.82) is 0 Å². The number of esters is 1. The van der Waals surface area contributed by atoms with E-state index >= 15 is 0 Å². The van der Waals surface area contributed by atoms with Crippen molar-refractivity contribution in [3.63, 3.8) is 0 Å². The smallest absolute Gasteiger partial charge is 0.306 e. The Balaban J connectivity index is 2.99. The molecular formula is C19H29NO5. The summed E-state index contributed by atoms with van der Waals surface area (Å²) >= 11 is 0. The average Bonchev–Trinajstić information content (AvgIpc) is 2.59. The summed E-state index contributed by atoms with van der Waals surface area (Å²) < 4.78 is 15.4. The van der Waals surface area contributed by atoms with E-state index in [0.717, 1.165) is 23.0 Å². The monoisotopic (exact) mass is 351 g/mol. The second kappa shape index (κ2) is 11.6. The van der Waals surface area contributed by atoms with E-state index in [-0.39, 0.29) is 18.7 Å². The maximum absolute atomic E-state index is 11.7. The Morgan fingerprint density at radius 3 is 2.68 bits per heavy atom. The van der Waals surface area contributed by atoms with Gasteiger partial charge in [0.2, 0.25) is 0 Å². The van der Waals surface area contributed by atoms with Gasteiger partial charge in [0.1, 0.15) is 13.1 Å². The highest BCUT2D eigenvalue weighted by atomic mass is 16.7. The quantitative estimate of drug-likeness (QED) is 0.205. The lowest BCUT2D eigenvalue weighted by atomic mass is 9.90. The summed E-state index contributed by atoms with van der Waals surface area (Å²) in [5, 5.41) is 0. The summed E-state index contributed by atoms with van der Waals surface area (Å²) in [6, 6.07) is 3.93. The average molecular weight is 351 g/mol. The molecule has 0 aromatic heterocycles. The molecule has 0 radical (unpaired) electrons. The van der Waals surface area contributed by atoms with E-state index < -0.39 is 0 Å². The van der Waals surface area contributed by atoms with Crippen molar-refractivity contribution < 1.29 is 23.8 Å². The standard InChI is InChI=1S/C19H29NO5/c1-4-25-19(22)8-7-15-10-16(6-5-9-21)18(20)11-17(15)14(2)12-24-13-23-3/h9-11,14H,4-8,12-13,20H2,1-3H3. The summed E-state index contributed by atoms with van der Waals surface area (Å²) in [5.41, 5.74) is 9.83. The van der Waals surface area contributed by atoms with Crippen LogP contribution in [0.5, 0.6) is 0 Å². The molecule has 0 aliphatic rings. The fourth-order valence-corrected chi connectivity index (χ4v) is 2.70. The lowest BCUT2D eigenvalue weighted by molar-refractivity contribution is -0.143. The molecule has 0 bridgehead atoms. The predicted octanol–water partition coefficient (Wildman–Crippen LogP) is 2.62. The van der Waals surface area contributed by atoms with Gasteiger partial charge in [-0.25, -0.2) is 0 Å². The maximum atomic E-state index is 11.7. The van der Waals surface area contributed by atoms with Gasteiger partial charge < -0.3 is 24.7 Å². The van der Waals surface area contributed by atoms with E-state index in [9.17, 15) is 9.59 Å². The number of carbonyl (C=O) groups excluding carboxylic acids is 2. The first-order valence-corrected chi connectivity index (χ1v) is 8.60. The van der Waals surface area contributed by atoms with Crippen molar-refractivity contribution in [2.45, 2.75) is 45.4 Å². The molecule has 0 fully saturated rings. The van der Waals surface area contributed by atoms with Gasteiger partial charge in [-0.2, -0.15) is 0 Å². The lowest BCUT2D eigenvalue weighted by Crippen LogP contribution is -2.12. The fourth-order valence-electron chi connectivity index (χ4n) is 2.70. The molecule has 2 N–H and O–H groups in total. The molecule has 25 heavy (non-hydrogen) atoms. The molecule has 0 aliphatic carbocycles. The van der Waals surface area contributed by atoms with Crippen LogP contribution in [0, 0.1) is 0 Å². The molecule has 1 rings (SSSR count). The highest BCUT2D eigenvalue weighted by Gasteiger charge is 2.16. The number of ether oxygens (including phenoxy) is 3. The Bertz CT molecular complexity index is 559. The van der Waals surface area contributed by atoms with E-state index in [1.807, 2.05) is 19.1 Å². The van der Waals surface area contributed by atoms with Crippen LogP contribution in [0.3, 0.4) is 0 Å². The normalized spacial score (nSPS) is 12.0. The second-order valence-corrected chi connectivity index (χ2v) is 5.94. The summed E-state index contributed by atoms with van der Waals surface area (Å²) in [7, 11) is 1.58. The Hall–Kier alpha value is -1.92. The third-order valence-electron chi connectivity index (χ3n) is 3.94. The summed E-state index contributed by atoms with van der Waals surface area (Å²) in [6.45, 7) is 4.94. The maximum Gasteiger partial charge on any atom is 0.306 e. The van der Waals surface area contributed by atoms with E-state index in [1.54, 1.807) is 14.0 Å². The number of aldehydes is 1. The minimum absolute atomic E-state index is 0.106. The number of carbonyl (C=O) groups is 2. The molecule has 140 valence electrons. The first kappa shape index (κ1) is 21.1. The zero-order valence-electron chi connectivity index (χ0n) is 15.4. The third kappa shape index (κ3) is 7.23. The van der Waals surface area contributed by atoms with Gasteiger partial charge in [0.15, 0.2) is 0 Å². The molecule has 6 heteroatoms. The molecule has 6 nitrogen and oxygen atoms in total. The highest BCUT2D eigenvalue weighted by molar-refractivity contribution is 5.70. The molecule has 0 saturated carbocycles. The van der Waals surface area contributed by atoms with Crippen molar-refractivity contribution >= 4 is 17.9 Å². The van der Waals surface area contributed by atoms with Crippen LogP contribution in [-0.2, 0) is 36.6 Å².